The summed E-state index contributed by atoms with van der Waals surface area (Å²) >= 11 is 0. The number of ether oxygens (including phenoxy) is 1. The topological polar surface area (TPSA) is 88.1 Å². The van der Waals surface area contributed by atoms with Gasteiger partial charge in [-0.3, -0.25) is 5.41 Å². The molecule has 6 nitrogen and oxygen atoms in total. The van der Waals surface area contributed by atoms with Crippen LogP contribution in [-0.4, -0.2) is 41.6 Å². The summed E-state index contributed by atoms with van der Waals surface area (Å²) < 4.78 is 5.83. The van der Waals surface area contributed by atoms with Gasteiger partial charge in [0.05, 0.1) is 6.10 Å². The lowest BCUT2D eigenvalue weighted by atomic mass is 10.1. The van der Waals surface area contributed by atoms with Gasteiger partial charge in [-0.2, -0.15) is 0 Å². The molecule has 0 radical (unpaired) electrons. The Morgan fingerprint density at radius 1 is 1.55 bits per heavy atom. The zero-order valence-corrected chi connectivity index (χ0v) is 12.2. The predicted molar refractivity (Wildman–Crippen MR) is 79.3 cm³/mol. The maximum Gasteiger partial charge on any atom is 0.226 e. The molecule has 2 rings (SSSR count). The number of nitrogen functional groups attached to an aromatic ring is 1. The van der Waals surface area contributed by atoms with E-state index in [4.69, 9.17) is 15.9 Å². The smallest absolute Gasteiger partial charge is 0.226 e. The minimum atomic E-state index is -0.0208. The van der Waals surface area contributed by atoms with Crippen molar-refractivity contribution in [1.29, 1.82) is 5.41 Å². The van der Waals surface area contributed by atoms with E-state index in [0.717, 1.165) is 44.7 Å². The van der Waals surface area contributed by atoms with Gasteiger partial charge in [-0.15, -0.1) is 0 Å². The molecule has 1 fully saturated rings. The maximum absolute atomic E-state index is 7.52. The molecule has 1 atom stereocenters. The normalized spacial score (nSPS) is 19.1. The van der Waals surface area contributed by atoms with E-state index in [0.29, 0.717) is 11.6 Å². The lowest BCUT2D eigenvalue weighted by molar-refractivity contribution is 0.0437. The fourth-order valence-electron chi connectivity index (χ4n) is 2.37. The van der Waals surface area contributed by atoms with Crippen LogP contribution in [0, 0.1) is 12.3 Å². The zero-order valence-electron chi connectivity index (χ0n) is 12.2. The predicted octanol–water partition coefficient (Wildman–Crippen LogP) is 1.46. The van der Waals surface area contributed by atoms with Crippen molar-refractivity contribution in [3.05, 3.63) is 17.5 Å². The second kappa shape index (κ2) is 6.65. The summed E-state index contributed by atoms with van der Waals surface area (Å²) in [4.78, 5) is 11.0. The first-order valence-corrected chi connectivity index (χ1v) is 7.16. The standard InChI is InChI=1S/C14H23N5O/c1-3-7-20-11-5-4-6-19(9-11)14-17-10(2)8-12(18-14)13(15)16/h8,11H,3-7,9H2,1-2H3,(H3,15,16). The third kappa shape index (κ3) is 3.66. The average Bonchev–Trinajstić information content (AvgIpc) is 2.44. The van der Waals surface area contributed by atoms with E-state index in [-0.39, 0.29) is 11.9 Å². The zero-order chi connectivity index (χ0) is 14.5. The van der Waals surface area contributed by atoms with Crippen LogP contribution in [-0.2, 0) is 4.74 Å². The van der Waals surface area contributed by atoms with Crippen LogP contribution in [0.3, 0.4) is 0 Å². The summed E-state index contributed by atoms with van der Waals surface area (Å²) in [5.41, 5.74) is 6.84. The van der Waals surface area contributed by atoms with Crippen LogP contribution in [0.2, 0.25) is 0 Å². The number of nitrogens with one attached hydrogen (secondary N) is 1. The van der Waals surface area contributed by atoms with Crippen LogP contribution >= 0.6 is 0 Å². The number of hydrogen-bond acceptors (Lipinski definition) is 5. The highest BCUT2D eigenvalue weighted by Gasteiger charge is 2.22. The molecule has 0 bridgehead atoms. The highest BCUT2D eigenvalue weighted by Crippen LogP contribution is 2.19. The number of rotatable bonds is 5. The van der Waals surface area contributed by atoms with Gasteiger partial charge in [-0.25, -0.2) is 9.97 Å². The molecule has 20 heavy (non-hydrogen) atoms. The summed E-state index contributed by atoms with van der Waals surface area (Å²) in [6, 6.07) is 1.74. The van der Waals surface area contributed by atoms with Crippen molar-refractivity contribution < 1.29 is 4.74 Å². The highest BCUT2D eigenvalue weighted by atomic mass is 16.5. The van der Waals surface area contributed by atoms with E-state index in [1.165, 1.54) is 0 Å². The fourth-order valence-corrected chi connectivity index (χ4v) is 2.37. The molecular formula is C14H23N5O. The second-order valence-corrected chi connectivity index (χ2v) is 5.19. The molecule has 0 saturated carbocycles. The molecule has 0 aromatic carbocycles. The molecule has 1 aliphatic rings. The lowest BCUT2D eigenvalue weighted by Gasteiger charge is -2.32. The monoisotopic (exact) mass is 277 g/mol. The molecule has 0 spiro atoms. The molecule has 3 N–H and O–H groups in total. The van der Waals surface area contributed by atoms with Crippen molar-refractivity contribution in [3.8, 4) is 0 Å². The van der Waals surface area contributed by atoms with Gasteiger partial charge in [-0.05, 0) is 32.3 Å². The number of nitrogens with two attached hydrogens (primary N) is 1. The van der Waals surface area contributed by atoms with Crippen molar-refractivity contribution in [2.24, 2.45) is 5.73 Å². The number of hydrogen-bond donors (Lipinski definition) is 2. The van der Waals surface area contributed by atoms with Crippen molar-refractivity contribution >= 4 is 11.8 Å². The summed E-state index contributed by atoms with van der Waals surface area (Å²) in [6.45, 7) is 6.54. The lowest BCUT2D eigenvalue weighted by Crippen LogP contribution is -2.41. The van der Waals surface area contributed by atoms with Gasteiger partial charge in [0.15, 0.2) is 0 Å². The van der Waals surface area contributed by atoms with Crippen LogP contribution in [0.4, 0.5) is 5.95 Å². The molecule has 1 unspecified atom stereocenters. The third-order valence-corrected chi connectivity index (χ3v) is 3.34. The number of nitrogens with zero attached hydrogens (tertiary/aromatic N) is 3. The van der Waals surface area contributed by atoms with Gasteiger partial charge >= 0.3 is 0 Å². The van der Waals surface area contributed by atoms with E-state index in [1.54, 1.807) is 6.07 Å². The Labute approximate surface area is 119 Å². The van der Waals surface area contributed by atoms with Gasteiger partial charge in [0, 0.05) is 25.4 Å². The fraction of sp³-hybridized carbons (Fsp3) is 0.643. The summed E-state index contributed by atoms with van der Waals surface area (Å²) in [5, 5.41) is 7.52. The molecule has 1 saturated heterocycles. The average molecular weight is 277 g/mol. The van der Waals surface area contributed by atoms with Crippen LogP contribution in [0.5, 0.6) is 0 Å². The SMILES string of the molecule is CCCOC1CCCN(c2nc(C)cc(C(=N)N)n2)C1. The van der Waals surface area contributed by atoms with E-state index >= 15 is 0 Å². The molecule has 1 aliphatic heterocycles. The van der Waals surface area contributed by atoms with Crippen LogP contribution in [0.1, 0.15) is 37.6 Å². The quantitative estimate of drug-likeness (QED) is 0.628. The Bertz CT molecular complexity index is 477. The minimum Gasteiger partial charge on any atom is -0.382 e. The number of piperidine rings is 1. The molecule has 110 valence electrons. The Hall–Kier alpha value is -1.69. The van der Waals surface area contributed by atoms with Gasteiger partial charge in [0.2, 0.25) is 5.95 Å². The Morgan fingerprint density at radius 2 is 2.35 bits per heavy atom. The van der Waals surface area contributed by atoms with Crippen molar-refractivity contribution in [3.63, 3.8) is 0 Å². The van der Waals surface area contributed by atoms with Crippen molar-refractivity contribution in [1.82, 2.24) is 9.97 Å². The third-order valence-electron chi connectivity index (χ3n) is 3.34. The summed E-state index contributed by atoms with van der Waals surface area (Å²) in [7, 11) is 0. The number of amidine groups is 1. The van der Waals surface area contributed by atoms with Gasteiger partial charge in [0.1, 0.15) is 11.5 Å². The molecule has 2 heterocycles. The van der Waals surface area contributed by atoms with E-state index in [1.807, 2.05) is 6.92 Å². The van der Waals surface area contributed by atoms with Crippen molar-refractivity contribution in [2.45, 2.75) is 39.2 Å². The Balaban J connectivity index is 2.12. The van der Waals surface area contributed by atoms with E-state index in [9.17, 15) is 0 Å². The van der Waals surface area contributed by atoms with Crippen LogP contribution in [0.25, 0.3) is 0 Å². The van der Waals surface area contributed by atoms with Crippen LogP contribution in [0.15, 0.2) is 6.07 Å². The number of aryl methyl sites for hydroxylation is 1. The maximum atomic E-state index is 7.52. The first-order valence-electron chi connectivity index (χ1n) is 7.16. The van der Waals surface area contributed by atoms with E-state index in [2.05, 4.69) is 21.8 Å². The number of aromatic nitrogens is 2. The summed E-state index contributed by atoms with van der Waals surface area (Å²) in [5.74, 6) is 0.632. The largest absolute Gasteiger partial charge is 0.382 e. The Morgan fingerprint density at radius 3 is 3.05 bits per heavy atom. The molecule has 1 aromatic heterocycles. The molecule has 0 amide bonds. The van der Waals surface area contributed by atoms with Crippen molar-refractivity contribution in [2.75, 3.05) is 24.6 Å². The second-order valence-electron chi connectivity index (χ2n) is 5.19. The van der Waals surface area contributed by atoms with Gasteiger partial charge in [-0.1, -0.05) is 6.92 Å². The molecule has 0 aliphatic carbocycles. The molecular weight excluding hydrogens is 254 g/mol. The first kappa shape index (κ1) is 14.7. The highest BCUT2D eigenvalue weighted by molar-refractivity contribution is 5.93. The number of anilines is 1. The van der Waals surface area contributed by atoms with E-state index < -0.39 is 0 Å². The molecule has 6 heteroatoms. The Kier molecular flexibility index (Phi) is 4.89. The first-order chi connectivity index (χ1) is 9.60. The van der Waals surface area contributed by atoms with Crippen LogP contribution < -0.4 is 10.6 Å². The summed E-state index contributed by atoms with van der Waals surface area (Å²) in [6.07, 6.45) is 3.43. The van der Waals surface area contributed by atoms with Gasteiger partial charge in [0.25, 0.3) is 0 Å². The van der Waals surface area contributed by atoms with Gasteiger partial charge < -0.3 is 15.4 Å². The molecule has 1 aromatic rings. The minimum absolute atomic E-state index is 0.0208.